The molecule has 1 aliphatic heterocycles. The molecule has 1 fully saturated rings. The van der Waals surface area contributed by atoms with Gasteiger partial charge < -0.3 is 10.0 Å². The van der Waals surface area contributed by atoms with Crippen molar-refractivity contribution in [2.24, 2.45) is 5.92 Å². The minimum atomic E-state index is 0.261. The highest BCUT2D eigenvalue weighted by Crippen LogP contribution is 2.25. The third kappa shape index (κ3) is 2.23. The standard InChI is InChI=1S/C13H15N3OS/c17-9-10-5-6-16(8-10)13-4-3-11(14-15-13)12-2-1-7-18-12/h1-4,7,10,17H,5-6,8-9H2. The molecule has 1 unspecified atom stereocenters. The maximum absolute atomic E-state index is 9.14. The van der Waals surface area contributed by atoms with Gasteiger partial charge in [0.05, 0.1) is 4.88 Å². The fraction of sp³-hybridized carbons (Fsp3) is 0.385. The summed E-state index contributed by atoms with van der Waals surface area (Å²) in [6, 6.07) is 8.09. The largest absolute Gasteiger partial charge is 0.396 e. The summed E-state index contributed by atoms with van der Waals surface area (Å²) in [6.45, 7) is 2.10. The number of aliphatic hydroxyl groups is 1. The monoisotopic (exact) mass is 261 g/mol. The van der Waals surface area contributed by atoms with Crippen LogP contribution in [0.5, 0.6) is 0 Å². The van der Waals surface area contributed by atoms with Gasteiger partial charge in [0, 0.05) is 25.6 Å². The summed E-state index contributed by atoms with van der Waals surface area (Å²) in [5.41, 5.74) is 0.923. The Morgan fingerprint density at radius 2 is 2.28 bits per heavy atom. The van der Waals surface area contributed by atoms with E-state index in [1.807, 2.05) is 29.6 Å². The summed E-state index contributed by atoms with van der Waals surface area (Å²) in [7, 11) is 0. The molecule has 0 amide bonds. The predicted octanol–water partition coefficient (Wildman–Crippen LogP) is 2.02. The number of hydrogen-bond acceptors (Lipinski definition) is 5. The number of thiophene rings is 1. The number of anilines is 1. The van der Waals surface area contributed by atoms with Crippen LogP contribution in [0.4, 0.5) is 5.82 Å². The molecule has 1 atom stereocenters. The Balaban J connectivity index is 1.76. The Kier molecular flexibility index (Phi) is 3.25. The van der Waals surface area contributed by atoms with Crippen molar-refractivity contribution < 1.29 is 5.11 Å². The number of hydrogen-bond donors (Lipinski definition) is 1. The molecule has 5 heteroatoms. The first kappa shape index (κ1) is 11.6. The average Bonchev–Trinajstić information content (AvgIpc) is 3.10. The molecular formula is C13H15N3OS. The van der Waals surface area contributed by atoms with Crippen LogP contribution in [-0.4, -0.2) is 35.0 Å². The molecule has 3 heterocycles. The van der Waals surface area contributed by atoms with Gasteiger partial charge in [-0.05, 0) is 30.0 Å². The van der Waals surface area contributed by atoms with Gasteiger partial charge in [-0.2, -0.15) is 0 Å². The second kappa shape index (κ2) is 5.04. The normalized spacial score (nSPS) is 19.4. The van der Waals surface area contributed by atoms with Crippen molar-refractivity contribution in [3.8, 4) is 10.6 Å². The minimum Gasteiger partial charge on any atom is -0.396 e. The van der Waals surface area contributed by atoms with E-state index in [0.29, 0.717) is 5.92 Å². The molecular weight excluding hydrogens is 246 g/mol. The van der Waals surface area contributed by atoms with Crippen molar-refractivity contribution in [2.45, 2.75) is 6.42 Å². The van der Waals surface area contributed by atoms with Crippen LogP contribution in [-0.2, 0) is 0 Å². The van der Waals surface area contributed by atoms with Gasteiger partial charge in [0.15, 0.2) is 5.82 Å². The number of rotatable bonds is 3. The minimum absolute atomic E-state index is 0.261. The second-order valence-corrected chi connectivity index (χ2v) is 5.49. The van der Waals surface area contributed by atoms with E-state index in [0.717, 1.165) is 35.9 Å². The van der Waals surface area contributed by atoms with E-state index in [2.05, 4.69) is 15.1 Å². The fourth-order valence-electron chi connectivity index (χ4n) is 2.24. The summed E-state index contributed by atoms with van der Waals surface area (Å²) in [5, 5.41) is 19.7. The summed E-state index contributed by atoms with van der Waals surface area (Å²) in [5.74, 6) is 1.29. The quantitative estimate of drug-likeness (QED) is 0.918. The first-order valence-corrected chi connectivity index (χ1v) is 6.98. The smallest absolute Gasteiger partial charge is 0.151 e. The van der Waals surface area contributed by atoms with E-state index in [4.69, 9.17) is 5.11 Å². The number of aromatic nitrogens is 2. The predicted molar refractivity (Wildman–Crippen MR) is 72.8 cm³/mol. The van der Waals surface area contributed by atoms with Crippen LogP contribution in [0.3, 0.4) is 0 Å². The Hall–Kier alpha value is -1.46. The summed E-state index contributed by atoms with van der Waals surface area (Å²) in [4.78, 5) is 3.33. The summed E-state index contributed by atoms with van der Waals surface area (Å²) < 4.78 is 0. The molecule has 1 aliphatic rings. The van der Waals surface area contributed by atoms with Crippen LogP contribution in [0.15, 0.2) is 29.6 Å². The summed E-state index contributed by atoms with van der Waals surface area (Å²) in [6.07, 6.45) is 1.03. The Morgan fingerprint density at radius 1 is 1.33 bits per heavy atom. The van der Waals surface area contributed by atoms with Gasteiger partial charge >= 0.3 is 0 Å². The first-order chi connectivity index (χ1) is 8.86. The van der Waals surface area contributed by atoms with E-state index in [1.54, 1.807) is 11.3 Å². The first-order valence-electron chi connectivity index (χ1n) is 6.10. The Labute approximate surface area is 110 Å². The molecule has 1 N–H and O–H groups in total. The second-order valence-electron chi connectivity index (χ2n) is 4.54. The molecule has 0 radical (unpaired) electrons. The van der Waals surface area contributed by atoms with Crippen LogP contribution in [0.1, 0.15) is 6.42 Å². The lowest BCUT2D eigenvalue weighted by molar-refractivity contribution is 0.238. The molecule has 1 saturated heterocycles. The lowest BCUT2D eigenvalue weighted by atomic mass is 10.1. The topological polar surface area (TPSA) is 49.2 Å². The highest BCUT2D eigenvalue weighted by Gasteiger charge is 2.22. The molecule has 0 saturated carbocycles. The van der Waals surface area contributed by atoms with Crippen LogP contribution in [0.25, 0.3) is 10.6 Å². The Morgan fingerprint density at radius 3 is 2.89 bits per heavy atom. The van der Waals surface area contributed by atoms with E-state index >= 15 is 0 Å². The highest BCUT2D eigenvalue weighted by atomic mass is 32.1. The van der Waals surface area contributed by atoms with E-state index in [-0.39, 0.29) is 6.61 Å². The third-order valence-electron chi connectivity index (χ3n) is 3.29. The van der Waals surface area contributed by atoms with E-state index < -0.39 is 0 Å². The molecule has 4 nitrogen and oxygen atoms in total. The zero-order valence-corrected chi connectivity index (χ0v) is 10.8. The maximum Gasteiger partial charge on any atom is 0.151 e. The van der Waals surface area contributed by atoms with Crippen LogP contribution in [0, 0.1) is 5.92 Å². The zero-order chi connectivity index (χ0) is 12.4. The molecule has 2 aromatic rings. The fourth-order valence-corrected chi connectivity index (χ4v) is 2.93. The molecule has 0 bridgehead atoms. The van der Waals surface area contributed by atoms with E-state index in [9.17, 15) is 0 Å². The lowest BCUT2D eigenvalue weighted by Crippen LogP contribution is -2.21. The van der Waals surface area contributed by atoms with Gasteiger partial charge in [-0.1, -0.05) is 6.07 Å². The Bertz CT molecular complexity index is 497. The van der Waals surface area contributed by atoms with Gasteiger partial charge in [-0.15, -0.1) is 21.5 Å². The SMILES string of the molecule is OCC1CCN(c2ccc(-c3cccs3)nn2)C1. The molecule has 18 heavy (non-hydrogen) atoms. The molecule has 2 aromatic heterocycles. The van der Waals surface area contributed by atoms with Gasteiger partial charge in [0.25, 0.3) is 0 Å². The molecule has 0 aliphatic carbocycles. The maximum atomic E-state index is 9.14. The summed E-state index contributed by atoms with van der Waals surface area (Å²) >= 11 is 1.67. The van der Waals surface area contributed by atoms with Crippen molar-refractivity contribution in [3.63, 3.8) is 0 Å². The van der Waals surface area contributed by atoms with Crippen LogP contribution in [0.2, 0.25) is 0 Å². The van der Waals surface area contributed by atoms with Crippen molar-refractivity contribution >= 4 is 17.2 Å². The molecule has 0 spiro atoms. The van der Waals surface area contributed by atoms with Gasteiger partial charge in [-0.25, -0.2) is 0 Å². The van der Waals surface area contributed by atoms with E-state index in [1.165, 1.54) is 0 Å². The van der Waals surface area contributed by atoms with Gasteiger partial charge in [0.1, 0.15) is 5.69 Å². The van der Waals surface area contributed by atoms with Crippen LogP contribution < -0.4 is 4.90 Å². The highest BCUT2D eigenvalue weighted by molar-refractivity contribution is 7.13. The molecule has 94 valence electrons. The van der Waals surface area contributed by atoms with Crippen molar-refractivity contribution in [2.75, 3.05) is 24.6 Å². The van der Waals surface area contributed by atoms with Gasteiger partial charge in [-0.3, -0.25) is 0 Å². The molecule has 0 aromatic carbocycles. The lowest BCUT2D eigenvalue weighted by Gasteiger charge is -2.16. The zero-order valence-electron chi connectivity index (χ0n) is 9.99. The average molecular weight is 261 g/mol. The van der Waals surface area contributed by atoms with Gasteiger partial charge in [0.2, 0.25) is 0 Å². The van der Waals surface area contributed by atoms with Crippen molar-refractivity contribution in [1.29, 1.82) is 0 Å². The molecule has 3 rings (SSSR count). The number of aliphatic hydroxyl groups excluding tert-OH is 1. The third-order valence-corrected chi connectivity index (χ3v) is 4.18. The van der Waals surface area contributed by atoms with Crippen molar-refractivity contribution in [3.05, 3.63) is 29.6 Å². The van der Waals surface area contributed by atoms with Crippen molar-refractivity contribution in [1.82, 2.24) is 10.2 Å². The number of nitrogens with zero attached hydrogens (tertiary/aromatic N) is 3. The van der Waals surface area contributed by atoms with Crippen LogP contribution >= 0.6 is 11.3 Å².